The SMILES string of the molecule is CC/C=C\C/C=C\C/C=C\C/C=C\C/C=C\CCCCCC(=O)OCC(COC(=O)CCC/C=C\CCCCCC)OC(=O)CCCCCCCCCCCC. The van der Waals surface area contributed by atoms with Crippen molar-refractivity contribution in [2.75, 3.05) is 13.2 Å². The molecule has 0 rings (SSSR count). The van der Waals surface area contributed by atoms with E-state index in [2.05, 4.69) is 93.7 Å². The maximum absolute atomic E-state index is 12.7. The highest BCUT2D eigenvalue weighted by molar-refractivity contribution is 5.71. The highest BCUT2D eigenvalue weighted by Gasteiger charge is 2.19. The van der Waals surface area contributed by atoms with Crippen LogP contribution in [0.15, 0.2) is 72.9 Å². The maximum Gasteiger partial charge on any atom is 0.306 e. The minimum Gasteiger partial charge on any atom is -0.462 e. The van der Waals surface area contributed by atoms with Crippen LogP contribution in [0.1, 0.15) is 207 Å². The van der Waals surface area contributed by atoms with Gasteiger partial charge in [-0.15, -0.1) is 0 Å². The van der Waals surface area contributed by atoms with Gasteiger partial charge in [-0.05, 0) is 83.5 Å². The summed E-state index contributed by atoms with van der Waals surface area (Å²) in [6, 6.07) is 0. The lowest BCUT2D eigenvalue weighted by atomic mass is 10.1. The highest BCUT2D eigenvalue weighted by Crippen LogP contribution is 2.13. The molecule has 0 bridgehead atoms. The predicted octanol–water partition coefficient (Wildman–Crippen LogP) is 14.7. The number of carbonyl (C=O) groups excluding carboxylic acids is 3. The predicted molar refractivity (Wildman–Crippen MR) is 238 cm³/mol. The van der Waals surface area contributed by atoms with Crippen LogP contribution >= 0.6 is 0 Å². The third-order valence-electron chi connectivity index (χ3n) is 9.45. The van der Waals surface area contributed by atoms with Gasteiger partial charge in [0.25, 0.3) is 0 Å². The highest BCUT2D eigenvalue weighted by atomic mass is 16.6. The standard InChI is InChI=1S/C50H84O6/c1-4-7-10-13-16-19-21-22-23-24-25-26-27-28-29-32-34-37-40-43-49(52)55-46-47(45-54-48(51)42-39-36-33-30-18-15-12-9-6-3)56-50(53)44-41-38-35-31-20-17-14-11-8-5-2/h7,10,16,19,22-23,25-26,28-30,33,47H,4-6,8-9,11-15,17-18,20-21,24,27,31-32,34-46H2,1-3H3/b10-7-,19-16-,23-22-,26-25-,29-28-,33-30-. The largest absolute Gasteiger partial charge is 0.462 e. The van der Waals surface area contributed by atoms with Crippen LogP contribution in [0.3, 0.4) is 0 Å². The molecule has 1 unspecified atom stereocenters. The first-order valence-electron chi connectivity index (χ1n) is 22.9. The van der Waals surface area contributed by atoms with Crippen molar-refractivity contribution in [3.63, 3.8) is 0 Å². The second kappa shape index (κ2) is 44.6. The minimum atomic E-state index is -0.795. The minimum absolute atomic E-state index is 0.101. The first-order chi connectivity index (χ1) is 27.5. The molecular formula is C50H84O6. The van der Waals surface area contributed by atoms with Gasteiger partial charge in [0.15, 0.2) is 6.10 Å². The Kier molecular flexibility index (Phi) is 42.1. The zero-order chi connectivity index (χ0) is 40.8. The number of allylic oxidation sites excluding steroid dienone is 12. The molecule has 320 valence electrons. The number of rotatable bonds is 40. The van der Waals surface area contributed by atoms with Gasteiger partial charge in [0.2, 0.25) is 0 Å². The molecule has 6 nitrogen and oxygen atoms in total. The van der Waals surface area contributed by atoms with Gasteiger partial charge >= 0.3 is 17.9 Å². The smallest absolute Gasteiger partial charge is 0.306 e. The number of esters is 3. The first kappa shape index (κ1) is 52.9. The molecule has 0 amide bonds. The van der Waals surface area contributed by atoms with Crippen LogP contribution in [-0.2, 0) is 28.6 Å². The number of hydrogen-bond donors (Lipinski definition) is 0. The van der Waals surface area contributed by atoms with Crippen molar-refractivity contribution in [2.45, 2.75) is 213 Å². The van der Waals surface area contributed by atoms with Crippen molar-refractivity contribution in [3.05, 3.63) is 72.9 Å². The topological polar surface area (TPSA) is 78.9 Å². The van der Waals surface area contributed by atoms with Gasteiger partial charge in [-0.1, -0.05) is 177 Å². The first-order valence-corrected chi connectivity index (χ1v) is 22.9. The molecular weight excluding hydrogens is 697 g/mol. The average molecular weight is 781 g/mol. The lowest BCUT2D eigenvalue weighted by Crippen LogP contribution is -2.30. The Balaban J connectivity index is 4.40. The molecule has 0 heterocycles. The third-order valence-corrected chi connectivity index (χ3v) is 9.45. The van der Waals surface area contributed by atoms with E-state index in [9.17, 15) is 14.4 Å². The van der Waals surface area contributed by atoms with Crippen LogP contribution in [0.2, 0.25) is 0 Å². The second-order valence-corrected chi connectivity index (χ2v) is 14.9. The fourth-order valence-electron chi connectivity index (χ4n) is 6.00. The van der Waals surface area contributed by atoms with Gasteiger partial charge in [0.05, 0.1) is 0 Å². The maximum atomic E-state index is 12.7. The molecule has 0 fully saturated rings. The number of ether oxygens (including phenoxy) is 3. The third kappa shape index (κ3) is 42.0. The summed E-state index contributed by atoms with van der Waals surface area (Å²) in [6.45, 7) is 6.40. The molecule has 0 aromatic carbocycles. The van der Waals surface area contributed by atoms with Crippen LogP contribution in [0.25, 0.3) is 0 Å². The Hall–Kier alpha value is -3.15. The van der Waals surface area contributed by atoms with Crippen molar-refractivity contribution < 1.29 is 28.6 Å². The summed E-state index contributed by atoms with van der Waals surface area (Å²) >= 11 is 0. The molecule has 0 saturated heterocycles. The van der Waals surface area contributed by atoms with Gasteiger partial charge in [-0.2, -0.15) is 0 Å². The van der Waals surface area contributed by atoms with Crippen molar-refractivity contribution in [3.8, 4) is 0 Å². The van der Waals surface area contributed by atoms with E-state index in [4.69, 9.17) is 14.2 Å². The van der Waals surface area contributed by atoms with Crippen molar-refractivity contribution in [1.82, 2.24) is 0 Å². The fraction of sp³-hybridized carbons (Fsp3) is 0.700. The van der Waals surface area contributed by atoms with Crippen LogP contribution in [0, 0.1) is 0 Å². The summed E-state index contributed by atoms with van der Waals surface area (Å²) < 4.78 is 16.6. The molecule has 0 radical (unpaired) electrons. The summed E-state index contributed by atoms with van der Waals surface area (Å²) in [5.41, 5.74) is 0. The van der Waals surface area contributed by atoms with E-state index in [-0.39, 0.29) is 31.1 Å². The molecule has 0 spiro atoms. The molecule has 1 atom stereocenters. The van der Waals surface area contributed by atoms with Gasteiger partial charge in [-0.3, -0.25) is 14.4 Å². The summed E-state index contributed by atoms with van der Waals surface area (Å²) in [6.07, 6.45) is 54.7. The van der Waals surface area contributed by atoms with E-state index in [0.29, 0.717) is 25.7 Å². The van der Waals surface area contributed by atoms with E-state index in [0.717, 1.165) is 89.9 Å². The van der Waals surface area contributed by atoms with Crippen LogP contribution in [0.5, 0.6) is 0 Å². The lowest BCUT2D eigenvalue weighted by Gasteiger charge is -2.18. The molecule has 0 aromatic rings. The molecule has 6 heteroatoms. The Morgan fingerprint density at radius 2 is 0.714 bits per heavy atom. The quantitative estimate of drug-likeness (QED) is 0.0267. The number of hydrogen-bond acceptors (Lipinski definition) is 6. The summed E-state index contributed by atoms with van der Waals surface area (Å²) in [5, 5.41) is 0. The Bertz CT molecular complexity index is 1080. The van der Waals surface area contributed by atoms with Crippen LogP contribution in [-0.4, -0.2) is 37.2 Å². The van der Waals surface area contributed by atoms with Crippen LogP contribution < -0.4 is 0 Å². The van der Waals surface area contributed by atoms with E-state index in [1.165, 1.54) is 70.6 Å². The Labute approximate surface area is 344 Å². The summed E-state index contributed by atoms with van der Waals surface area (Å²) in [5.74, 6) is -0.972. The van der Waals surface area contributed by atoms with Crippen molar-refractivity contribution in [2.24, 2.45) is 0 Å². The average Bonchev–Trinajstić information content (AvgIpc) is 3.19. The number of carbonyl (C=O) groups is 3. The number of unbranched alkanes of at least 4 members (excludes halogenated alkanes) is 17. The molecule has 0 N–H and O–H groups in total. The second-order valence-electron chi connectivity index (χ2n) is 14.9. The van der Waals surface area contributed by atoms with E-state index < -0.39 is 6.10 Å². The zero-order valence-electron chi connectivity index (χ0n) is 36.4. The Morgan fingerprint density at radius 3 is 1.20 bits per heavy atom. The van der Waals surface area contributed by atoms with Gasteiger partial charge in [0.1, 0.15) is 13.2 Å². The van der Waals surface area contributed by atoms with Gasteiger partial charge in [-0.25, -0.2) is 0 Å². The molecule has 0 aliphatic rings. The van der Waals surface area contributed by atoms with E-state index in [1.807, 2.05) is 0 Å². The Morgan fingerprint density at radius 1 is 0.375 bits per heavy atom. The van der Waals surface area contributed by atoms with E-state index >= 15 is 0 Å². The van der Waals surface area contributed by atoms with Crippen LogP contribution in [0.4, 0.5) is 0 Å². The van der Waals surface area contributed by atoms with Crippen molar-refractivity contribution >= 4 is 17.9 Å². The zero-order valence-corrected chi connectivity index (χ0v) is 36.4. The lowest BCUT2D eigenvalue weighted by molar-refractivity contribution is -0.167. The molecule has 0 aliphatic heterocycles. The van der Waals surface area contributed by atoms with Gasteiger partial charge in [0, 0.05) is 19.3 Å². The molecule has 0 aliphatic carbocycles. The fourth-order valence-corrected chi connectivity index (χ4v) is 6.00. The molecule has 0 saturated carbocycles. The monoisotopic (exact) mass is 781 g/mol. The summed E-state index contributed by atoms with van der Waals surface area (Å²) in [4.78, 5) is 37.6. The van der Waals surface area contributed by atoms with E-state index in [1.54, 1.807) is 0 Å². The molecule has 56 heavy (non-hydrogen) atoms. The van der Waals surface area contributed by atoms with Gasteiger partial charge < -0.3 is 14.2 Å². The molecule has 0 aromatic heterocycles. The van der Waals surface area contributed by atoms with Crippen molar-refractivity contribution in [1.29, 1.82) is 0 Å². The summed E-state index contributed by atoms with van der Waals surface area (Å²) in [7, 11) is 0. The normalized spacial score (nSPS) is 12.7.